The van der Waals surface area contributed by atoms with Crippen molar-refractivity contribution >= 4 is 39.3 Å². The summed E-state index contributed by atoms with van der Waals surface area (Å²) in [7, 11) is 0. The van der Waals surface area contributed by atoms with E-state index in [1.165, 1.54) is 6.33 Å². The number of fused-ring (bicyclic) bond motifs is 1. The van der Waals surface area contributed by atoms with Gasteiger partial charge in [-0.1, -0.05) is 11.8 Å². The van der Waals surface area contributed by atoms with Gasteiger partial charge in [0.1, 0.15) is 16.2 Å². The predicted molar refractivity (Wildman–Crippen MR) is 57.9 cm³/mol. The lowest BCUT2D eigenvalue weighted by atomic mass is 10.4. The topological polar surface area (TPSA) is 65.9 Å². The molecular weight excluding hydrogens is 232 g/mol. The van der Waals surface area contributed by atoms with Gasteiger partial charge >= 0.3 is 0 Å². The van der Waals surface area contributed by atoms with Gasteiger partial charge in [-0.2, -0.15) is 0 Å². The summed E-state index contributed by atoms with van der Waals surface area (Å²) >= 11 is 2.74. The number of aliphatic carboxylic acids is 1. The molecule has 0 amide bonds. The van der Waals surface area contributed by atoms with E-state index in [0.29, 0.717) is 5.03 Å². The van der Waals surface area contributed by atoms with E-state index >= 15 is 0 Å². The first kappa shape index (κ1) is 10.4. The second kappa shape index (κ2) is 4.16. The average molecular weight is 239 g/mol. The molecule has 0 aliphatic rings. The van der Waals surface area contributed by atoms with Crippen LogP contribution in [0, 0.1) is 6.92 Å². The van der Waals surface area contributed by atoms with Gasteiger partial charge in [0.25, 0.3) is 0 Å². The number of nitrogens with zero attached hydrogens (tertiary/aromatic N) is 2. The third-order valence-corrected chi connectivity index (χ3v) is 3.68. The van der Waals surface area contributed by atoms with E-state index in [2.05, 4.69) is 9.97 Å². The molecule has 78 valence electrons. The molecule has 0 aliphatic heterocycles. The Morgan fingerprint density at radius 1 is 1.60 bits per heavy atom. The van der Waals surface area contributed by atoms with Crippen LogP contribution in [-0.2, 0) is 4.79 Å². The summed E-state index contributed by atoms with van der Waals surface area (Å²) in [5.74, 6) is -1.17. The molecule has 2 rings (SSSR count). The molecule has 0 spiro atoms. The summed E-state index contributed by atoms with van der Waals surface area (Å²) in [6.07, 6.45) is 1.45. The highest BCUT2D eigenvalue weighted by Crippen LogP contribution is 2.29. The lowest BCUT2D eigenvalue weighted by molar-refractivity contribution is -0.301. The second-order valence-corrected chi connectivity index (χ2v) is 5.11. The number of thiophene rings is 1. The summed E-state index contributed by atoms with van der Waals surface area (Å²) in [6.45, 7) is 1.99. The third-order valence-electron chi connectivity index (χ3n) is 1.74. The third kappa shape index (κ3) is 2.27. The summed E-state index contributed by atoms with van der Waals surface area (Å²) in [5.41, 5.74) is 0. The van der Waals surface area contributed by atoms with Crippen molar-refractivity contribution in [1.82, 2.24) is 9.97 Å². The first-order valence-corrected chi connectivity index (χ1v) is 6.01. The van der Waals surface area contributed by atoms with Gasteiger partial charge in [-0.05, 0) is 13.0 Å². The van der Waals surface area contributed by atoms with Gasteiger partial charge in [-0.25, -0.2) is 9.97 Å². The Bertz CT molecular complexity index is 510. The number of carbonyl (C=O) groups is 1. The van der Waals surface area contributed by atoms with Crippen molar-refractivity contribution in [3.63, 3.8) is 0 Å². The van der Waals surface area contributed by atoms with Crippen LogP contribution in [0.2, 0.25) is 0 Å². The van der Waals surface area contributed by atoms with E-state index < -0.39 is 5.97 Å². The number of carbonyl (C=O) groups excluding carboxylic acids is 1. The number of hydrogen-bond acceptors (Lipinski definition) is 6. The van der Waals surface area contributed by atoms with Crippen LogP contribution in [0.3, 0.4) is 0 Å². The Kier molecular flexibility index (Phi) is 2.88. The molecule has 0 bridgehead atoms. The molecule has 2 aromatic rings. The number of thioether (sulfide) groups is 1. The molecule has 0 radical (unpaired) electrons. The molecule has 0 fully saturated rings. The molecule has 0 aromatic carbocycles. The van der Waals surface area contributed by atoms with Gasteiger partial charge in [0.05, 0.1) is 5.97 Å². The molecule has 2 aromatic heterocycles. The van der Waals surface area contributed by atoms with Crippen molar-refractivity contribution in [2.45, 2.75) is 11.9 Å². The maximum atomic E-state index is 10.3. The molecule has 2 heterocycles. The van der Waals surface area contributed by atoms with Crippen LogP contribution in [0.25, 0.3) is 10.2 Å². The molecule has 0 unspecified atom stereocenters. The Balaban J connectivity index is 2.37. The Hall–Kier alpha value is -1.14. The van der Waals surface area contributed by atoms with Gasteiger partial charge in [0.2, 0.25) is 0 Å². The van der Waals surface area contributed by atoms with Gasteiger partial charge < -0.3 is 9.90 Å². The lowest BCUT2D eigenvalue weighted by Gasteiger charge is -2.01. The van der Waals surface area contributed by atoms with Gasteiger partial charge in [0.15, 0.2) is 0 Å². The first-order chi connectivity index (χ1) is 7.16. The van der Waals surface area contributed by atoms with Crippen LogP contribution in [0.5, 0.6) is 0 Å². The first-order valence-electron chi connectivity index (χ1n) is 4.20. The minimum absolute atomic E-state index is 0.0823. The zero-order chi connectivity index (χ0) is 10.8. The van der Waals surface area contributed by atoms with Gasteiger partial charge in [-0.15, -0.1) is 11.3 Å². The van der Waals surface area contributed by atoms with Crippen LogP contribution in [0.15, 0.2) is 17.4 Å². The van der Waals surface area contributed by atoms with Crippen LogP contribution >= 0.6 is 23.1 Å². The van der Waals surface area contributed by atoms with E-state index in [-0.39, 0.29) is 5.75 Å². The van der Waals surface area contributed by atoms with Crippen molar-refractivity contribution in [2.24, 2.45) is 0 Å². The van der Waals surface area contributed by atoms with Crippen molar-refractivity contribution < 1.29 is 9.90 Å². The largest absolute Gasteiger partial charge is 0.549 e. The molecule has 0 atom stereocenters. The van der Waals surface area contributed by atoms with Crippen molar-refractivity contribution in [2.75, 3.05) is 5.75 Å². The number of carboxylic acids is 1. The molecule has 0 N–H and O–H groups in total. The lowest BCUT2D eigenvalue weighted by Crippen LogP contribution is -2.24. The number of rotatable bonds is 3. The zero-order valence-corrected chi connectivity index (χ0v) is 9.52. The Labute approximate surface area is 94.4 Å². The highest BCUT2D eigenvalue weighted by atomic mass is 32.2. The molecule has 0 saturated carbocycles. The van der Waals surface area contributed by atoms with E-state index in [1.807, 2.05) is 13.0 Å². The van der Waals surface area contributed by atoms with Gasteiger partial charge in [0, 0.05) is 16.0 Å². The van der Waals surface area contributed by atoms with Crippen LogP contribution in [-0.4, -0.2) is 21.7 Å². The zero-order valence-electron chi connectivity index (χ0n) is 7.89. The van der Waals surface area contributed by atoms with E-state index in [0.717, 1.165) is 26.9 Å². The highest BCUT2D eigenvalue weighted by Gasteiger charge is 2.06. The Morgan fingerprint density at radius 3 is 3.13 bits per heavy atom. The summed E-state index contributed by atoms with van der Waals surface area (Å²) in [6, 6.07) is 1.97. The van der Waals surface area contributed by atoms with Crippen LogP contribution in [0.4, 0.5) is 0 Å². The molecular formula is C9H7N2O2S2-. The van der Waals surface area contributed by atoms with E-state index in [9.17, 15) is 9.90 Å². The van der Waals surface area contributed by atoms with E-state index in [1.54, 1.807) is 11.3 Å². The summed E-state index contributed by atoms with van der Waals surface area (Å²) < 4.78 is 0. The molecule has 15 heavy (non-hydrogen) atoms. The monoisotopic (exact) mass is 239 g/mol. The van der Waals surface area contributed by atoms with E-state index in [4.69, 9.17) is 0 Å². The van der Waals surface area contributed by atoms with Gasteiger partial charge in [-0.3, -0.25) is 0 Å². The maximum absolute atomic E-state index is 10.3. The predicted octanol–water partition coefficient (Wildman–Crippen LogP) is 0.842. The maximum Gasteiger partial charge on any atom is 0.128 e. The quantitative estimate of drug-likeness (QED) is 0.586. The normalized spacial score (nSPS) is 10.7. The fourth-order valence-electron chi connectivity index (χ4n) is 1.20. The number of carboxylic acid groups (broad SMARTS) is 1. The van der Waals surface area contributed by atoms with Crippen molar-refractivity contribution in [1.29, 1.82) is 0 Å². The van der Waals surface area contributed by atoms with Crippen molar-refractivity contribution in [3.05, 3.63) is 17.3 Å². The standard InChI is InChI=1S/C9H8N2O2S2/c1-5-2-6-8(14-3-7(12)13)10-4-11-9(6)15-5/h2,4H,3H2,1H3,(H,12,13)/p-1. The fourth-order valence-corrected chi connectivity index (χ4v) is 2.80. The fraction of sp³-hybridized carbons (Fsp3) is 0.222. The summed E-state index contributed by atoms with van der Waals surface area (Å²) in [4.78, 5) is 20.6. The van der Waals surface area contributed by atoms with Crippen molar-refractivity contribution in [3.8, 4) is 0 Å². The number of aromatic nitrogens is 2. The Morgan fingerprint density at radius 2 is 2.40 bits per heavy atom. The molecule has 0 aliphatic carbocycles. The summed E-state index contributed by atoms with van der Waals surface area (Å²) in [5, 5.41) is 12.0. The molecule has 6 heteroatoms. The molecule has 0 saturated heterocycles. The number of aryl methyl sites for hydroxylation is 1. The van der Waals surface area contributed by atoms with Crippen LogP contribution < -0.4 is 5.11 Å². The second-order valence-electron chi connectivity index (χ2n) is 2.92. The highest BCUT2D eigenvalue weighted by molar-refractivity contribution is 8.00. The number of hydrogen-bond donors (Lipinski definition) is 0. The smallest absolute Gasteiger partial charge is 0.128 e. The van der Waals surface area contributed by atoms with Crippen LogP contribution in [0.1, 0.15) is 4.88 Å². The average Bonchev–Trinajstić information content (AvgIpc) is 2.55. The SMILES string of the molecule is Cc1cc2c(SCC(=O)[O-])ncnc2s1. The minimum atomic E-state index is -1.08. The molecule has 4 nitrogen and oxygen atoms in total. The minimum Gasteiger partial charge on any atom is -0.549 e.